The molecule has 1 atom stereocenters. The first-order valence-corrected chi connectivity index (χ1v) is 4.43. The van der Waals surface area contributed by atoms with Gasteiger partial charge in [0.2, 0.25) is 0 Å². The third kappa shape index (κ3) is 2.58. The smallest absolute Gasteiger partial charge is 0.293 e. The Bertz CT molecular complexity index is 264. The Balaban J connectivity index is 2.78. The van der Waals surface area contributed by atoms with Crippen molar-refractivity contribution in [1.29, 1.82) is 0 Å². The van der Waals surface area contributed by atoms with Crippen molar-refractivity contribution in [2.24, 2.45) is 0 Å². The number of aryl methyl sites for hydroxylation is 1. The molecule has 0 radical (unpaired) electrons. The van der Waals surface area contributed by atoms with Gasteiger partial charge in [-0.2, -0.15) is 0 Å². The summed E-state index contributed by atoms with van der Waals surface area (Å²) in [6.45, 7) is 4.54. The first-order chi connectivity index (χ1) is 6.27. The minimum atomic E-state index is -0.0990. The highest BCUT2D eigenvalue weighted by atomic mass is 16.5. The van der Waals surface area contributed by atoms with E-state index < -0.39 is 0 Å². The lowest BCUT2D eigenvalue weighted by molar-refractivity contribution is -0.134. The fourth-order valence-electron chi connectivity index (χ4n) is 1.26. The standard InChI is InChI=1S/C11H14O2/c1-3-11(13-8-12)10-6-4-9(2)5-7-10/h4-8,11H,3H2,1-2H3. The van der Waals surface area contributed by atoms with Crippen LogP contribution in [0.2, 0.25) is 0 Å². The van der Waals surface area contributed by atoms with Gasteiger partial charge in [-0.15, -0.1) is 0 Å². The molecule has 0 amide bonds. The van der Waals surface area contributed by atoms with E-state index in [0.717, 1.165) is 12.0 Å². The quantitative estimate of drug-likeness (QED) is 0.662. The molecule has 13 heavy (non-hydrogen) atoms. The number of ether oxygens (including phenoxy) is 1. The Morgan fingerprint density at radius 1 is 1.38 bits per heavy atom. The van der Waals surface area contributed by atoms with Crippen LogP contribution in [0.4, 0.5) is 0 Å². The zero-order chi connectivity index (χ0) is 9.68. The van der Waals surface area contributed by atoms with E-state index in [2.05, 4.69) is 0 Å². The predicted octanol–water partition coefficient (Wildman–Crippen LogP) is 2.62. The number of hydrogen-bond donors (Lipinski definition) is 0. The molecule has 1 unspecified atom stereocenters. The molecule has 2 heteroatoms. The molecule has 0 heterocycles. The lowest BCUT2D eigenvalue weighted by atomic mass is 10.1. The van der Waals surface area contributed by atoms with Crippen LogP contribution in [0.15, 0.2) is 24.3 Å². The number of hydrogen-bond acceptors (Lipinski definition) is 2. The number of rotatable bonds is 4. The minimum absolute atomic E-state index is 0.0990. The summed E-state index contributed by atoms with van der Waals surface area (Å²) in [7, 11) is 0. The van der Waals surface area contributed by atoms with E-state index in [4.69, 9.17) is 4.74 Å². The molecule has 2 nitrogen and oxygen atoms in total. The van der Waals surface area contributed by atoms with Crippen molar-refractivity contribution in [3.8, 4) is 0 Å². The van der Waals surface area contributed by atoms with Crippen LogP contribution in [0, 0.1) is 6.92 Å². The molecule has 0 aliphatic carbocycles. The zero-order valence-electron chi connectivity index (χ0n) is 7.99. The molecular formula is C11H14O2. The van der Waals surface area contributed by atoms with Gasteiger partial charge in [-0.05, 0) is 18.9 Å². The summed E-state index contributed by atoms with van der Waals surface area (Å²) in [5.41, 5.74) is 2.27. The first-order valence-electron chi connectivity index (χ1n) is 4.43. The fraction of sp³-hybridized carbons (Fsp3) is 0.364. The molecule has 0 aromatic heterocycles. The summed E-state index contributed by atoms with van der Waals surface area (Å²) in [5.74, 6) is 0. The van der Waals surface area contributed by atoms with Crippen LogP contribution in [-0.4, -0.2) is 6.47 Å². The van der Waals surface area contributed by atoms with Crippen LogP contribution >= 0.6 is 0 Å². The topological polar surface area (TPSA) is 26.3 Å². The molecule has 0 spiro atoms. The van der Waals surface area contributed by atoms with Gasteiger partial charge in [-0.1, -0.05) is 36.8 Å². The van der Waals surface area contributed by atoms with Gasteiger partial charge in [-0.25, -0.2) is 0 Å². The van der Waals surface area contributed by atoms with Gasteiger partial charge in [-0.3, -0.25) is 4.79 Å². The van der Waals surface area contributed by atoms with Crippen molar-refractivity contribution in [2.75, 3.05) is 0 Å². The maximum atomic E-state index is 10.2. The molecule has 0 aliphatic heterocycles. The monoisotopic (exact) mass is 178 g/mol. The highest BCUT2D eigenvalue weighted by Gasteiger charge is 2.08. The summed E-state index contributed by atoms with van der Waals surface area (Å²) in [4.78, 5) is 10.2. The van der Waals surface area contributed by atoms with Crippen LogP contribution in [0.1, 0.15) is 30.6 Å². The van der Waals surface area contributed by atoms with Crippen LogP contribution in [0.3, 0.4) is 0 Å². The molecule has 0 saturated carbocycles. The van der Waals surface area contributed by atoms with Crippen LogP contribution in [0.25, 0.3) is 0 Å². The largest absolute Gasteiger partial charge is 0.460 e. The second-order valence-electron chi connectivity index (χ2n) is 3.04. The van der Waals surface area contributed by atoms with Crippen LogP contribution in [0.5, 0.6) is 0 Å². The highest BCUT2D eigenvalue weighted by molar-refractivity contribution is 5.38. The highest BCUT2D eigenvalue weighted by Crippen LogP contribution is 2.19. The van der Waals surface area contributed by atoms with Crippen molar-refractivity contribution in [3.05, 3.63) is 35.4 Å². The summed E-state index contributed by atoms with van der Waals surface area (Å²) in [6.07, 6.45) is 0.708. The molecule has 0 bridgehead atoms. The van der Waals surface area contributed by atoms with Crippen molar-refractivity contribution in [1.82, 2.24) is 0 Å². The Hall–Kier alpha value is -1.31. The van der Waals surface area contributed by atoms with Crippen molar-refractivity contribution in [2.45, 2.75) is 26.4 Å². The third-order valence-corrected chi connectivity index (χ3v) is 2.04. The van der Waals surface area contributed by atoms with Gasteiger partial charge in [0.15, 0.2) is 0 Å². The van der Waals surface area contributed by atoms with E-state index >= 15 is 0 Å². The number of benzene rings is 1. The molecule has 0 fully saturated rings. The van der Waals surface area contributed by atoms with Gasteiger partial charge in [0.05, 0.1) is 0 Å². The Morgan fingerprint density at radius 3 is 2.46 bits per heavy atom. The van der Waals surface area contributed by atoms with Crippen LogP contribution < -0.4 is 0 Å². The zero-order valence-corrected chi connectivity index (χ0v) is 7.99. The van der Waals surface area contributed by atoms with Gasteiger partial charge < -0.3 is 4.74 Å². The van der Waals surface area contributed by atoms with Crippen molar-refractivity contribution in [3.63, 3.8) is 0 Å². The summed E-state index contributed by atoms with van der Waals surface area (Å²) < 4.78 is 4.94. The lowest BCUT2D eigenvalue weighted by Gasteiger charge is -2.12. The van der Waals surface area contributed by atoms with Crippen molar-refractivity contribution >= 4 is 6.47 Å². The normalized spacial score (nSPS) is 12.2. The molecule has 1 rings (SSSR count). The fourth-order valence-corrected chi connectivity index (χ4v) is 1.26. The molecule has 1 aromatic rings. The number of carbonyl (C=O) groups is 1. The minimum Gasteiger partial charge on any atom is -0.460 e. The Morgan fingerprint density at radius 2 is 2.00 bits per heavy atom. The Labute approximate surface area is 78.5 Å². The van der Waals surface area contributed by atoms with E-state index in [1.54, 1.807) is 0 Å². The molecule has 0 N–H and O–H groups in total. The van der Waals surface area contributed by atoms with Gasteiger partial charge in [0, 0.05) is 0 Å². The van der Waals surface area contributed by atoms with E-state index in [9.17, 15) is 4.79 Å². The second-order valence-corrected chi connectivity index (χ2v) is 3.04. The van der Waals surface area contributed by atoms with Gasteiger partial charge >= 0.3 is 0 Å². The molecule has 0 aliphatic rings. The van der Waals surface area contributed by atoms with E-state index in [-0.39, 0.29) is 6.10 Å². The third-order valence-electron chi connectivity index (χ3n) is 2.04. The van der Waals surface area contributed by atoms with E-state index in [1.807, 2.05) is 38.1 Å². The van der Waals surface area contributed by atoms with E-state index in [0.29, 0.717) is 6.47 Å². The summed E-state index contributed by atoms with van der Waals surface area (Å²) >= 11 is 0. The predicted molar refractivity (Wildman–Crippen MR) is 51.4 cm³/mol. The Kier molecular flexibility index (Phi) is 3.50. The molecule has 1 aromatic carbocycles. The van der Waals surface area contributed by atoms with Crippen molar-refractivity contribution < 1.29 is 9.53 Å². The van der Waals surface area contributed by atoms with Crippen LogP contribution in [-0.2, 0) is 9.53 Å². The SMILES string of the molecule is CCC(OC=O)c1ccc(C)cc1. The van der Waals surface area contributed by atoms with Gasteiger partial charge in [0.1, 0.15) is 6.10 Å². The van der Waals surface area contributed by atoms with E-state index in [1.165, 1.54) is 5.56 Å². The molecule has 70 valence electrons. The van der Waals surface area contributed by atoms with Gasteiger partial charge in [0.25, 0.3) is 6.47 Å². The molecule has 0 saturated heterocycles. The molecular weight excluding hydrogens is 164 g/mol. The second kappa shape index (κ2) is 4.65. The first kappa shape index (κ1) is 9.78. The summed E-state index contributed by atoms with van der Waals surface area (Å²) in [5, 5.41) is 0. The lowest BCUT2D eigenvalue weighted by Crippen LogP contribution is -2.01. The number of carbonyl (C=O) groups excluding carboxylic acids is 1. The summed E-state index contributed by atoms with van der Waals surface area (Å²) in [6, 6.07) is 8.03. The maximum absolute atomic E-state index is 10.2. The maximum Gasteiger partial charge on any atom is 0.293 e. The average molecular weight is 178 g/mol. The average Bonchev–Trinajstić information content (AvgIpc) is 2.16.